The molecule has 2 atom stereocenters. The Balaban J connectivity index is 1.60. The number of rotatable bonds is 7. The van der Waals surface area contributed by atoms with Gasteiger partial charge in [0.2, 0.25) is 10.0 Å². The Morgan fingerprint density at radius 1 is 1.33 bits per heavy atom. The minimum Gasteiger partial charge on any atom is -0.380 e. The van der Waals surface area contributed by atoms with Gasteiger partial charge < -0.3 is 9.47 Å². The number of thiazole rings is 1. The zero-order valence-electron chi connectivity index (χ0n) is 13.1. The molecule has 0 spiro atoms. The second-order valence-electron chi connectivity index (χ2n) is 5.66. The molecule has 1 N–H and O–H groups in total. The first kappa shape index (κ1) is 17.5. The van der Waals surface area contributed by atoms with Gasteiger partial charge in [-0.2, -0.15) is 0 Å². The van der Waals surface area contributed by atoms with Crippen molar-refractivity contribution in [2.75, 3.05) is 13.2 Å². The summed E-state index contributed by atoms with van der Waals surface area (Å²) in [6.07, 6.45) is 0.439. The van der Waals surface area contributed by atoms with Gasteiger partial charge in [-0.1, -0.05) is 30.3 Å². The van der Waals surface area contributed by atoms with Crippen LogP contribution in [0.15, 0.2) is 41.2 Å². The molecule has 1 fully saturated rings. The fourth-order valence-corrected chi connectivity index (χ4v) is 4.53. The van der Waals surface area contributed by atoms with Crippen molar-refractivity contribution in [2.24, 2.45) is 0 Å². The number of benzene rings is 1. The number of sulfonamides is 1. The molecule has 0 bridgehead atoms. The topological polar surface area (TPSA) is 77.5 Å². The van der Waals surface area contributed by atoms with E-state index in [1.807, 2.05) is 23.6 Å². The molecule has 2 aromatic rings. The smallest absolute Gasteiger partial charge is 0.216 e. The van der Waals surface area contributed by atoms with E-state index < -0.39 is 10.0 Å². The van der Waals surface area contributed by atoms with Crippen LogP contribution in [-0.2, 0) is 31.9 Å². The van der Waals surface area contributed by atoms with Crippen LogP contribution in [0.4, 0.5) is 0 Å². The Bertz CT molecular complexity index is 720. The van der Waals surface area contributed by atoms with Crippen molar-refractivity contribution in [1.29, 1.82) is 0 Å². The molecule has 130 valence electrons. The molecule has 0 amide bonds. The monoisotopic (exact) mass is 368 g/mol. The minimum absolute atomic E-state index is 0.0524. The number of hydrogen-bond acceptors (Lipinski definition) is 6. The first-order chi connectivity index (χ1) is 11.6. The average Bonchev–Trinajstić information content (AvgIpc) is 3.07. The van der Waals surface area contributed by atoms with Crippen molar-refractivity contribution >= 4 is 21.4 Å². The first-order valence-electron chi connectivity index (χ1n) is 7.73. The van der Waals surface area contributed by atoms with E-state index in [2.05, 4.69) is 9.71 Å². The van der Waals surface area contributed by atoms with Crippen LogP contribution in [-0.4, -0.2) is 38.8 Å². The van der Waals surface area contributed by atoms with Crippen LogP contribution < -0.4 is 4.72 Å². The zero-order valence-corrected chi connectivity index (χ0v) is 14.8. The predicted octanol–water partition coefficient (Wildman–Crippen LogP) is 1.94. The predicted molar refractivity (Wildman–Crippen MR) is 92.1 cm³/mol. The number of aromatic nitrogens is 1. The first-order valence-corrected chi connectivity index (χ1v) is 10.3. The van der Waals surface area contributed by atoms with Gasteiger partial charge in [0.25, 0.3) is 0 Å². The van der Waals surface area contributed by atoms with Crippen molar-refractivity contribution in [3.05, 3.63) is 52.5 Å². The molecule has 1 aliphatic heterocycles. The second kappa shape index (κ2) is 8.17. The lowest BCUT2D eigenvalue weighted by molar-refractivity contribution is -0.0578. The third-order valence-electron chi connectivity index (χ3n) is 3.75. The van der Waals surface area contributed by atoms with E-state index in [0.717, 1.165) is 11.3 Å². The molecule has 8 heteroatoms. The Morgan fingerprint density at radius 3 is 2.92 bits per heavy atom. The van der Waals surface area contributed by atoms with E-state index in [1.165, 1.54) is 11.3 Å². The van der Waals surface area contributed by atoms with Crippen LogP contribution in [0.2, 0.25) is 0 Å². The van der Waals surface area contributed by atoms with Crippen molar-refractivity contribution in [3.63, 3.8) is 0 Å². The largest absolute Gasteiger partial charge is 0.380 e. The Labute approximate surface area is 145 Å². The van der Waals surface area contributed by atoms with E-state index in [0.29, 0.717) is 26.2 Å². The quantitative estimate of drug-likeness (QED) is 0.808. The van der Waals surface area contributed by atoms with Crippen LogP contribution in [0.3, 0.4) is 0 Å². The Morgan fingerprint density at radius 2 is 2.17 bits per heavy atom. The summed E-state index contributed by atoms with van der Waals surface area (Å²) in [4.78, 5) is 4.18. The molecule has 1 aromatic heterocycles. The molecule has 3 rings (SSSR count). The lowest BCUT2D eigenvalue weighted by Crippen LogP contribution is -2.50. The third-order valence-corrected chi connectivity index (χ3v) is 5.76. The highest BCUT2D eigenvalue weighted by molar-refractivity contribution is 7.88. The number of hydrogen-bond donors (Lipinski definition) is 1. The molecular weight excluding hydrogens is 348 g/mol. The van der Waals surface area contributed by atoms with Gasteiger partial charge in [-0.05, 0) is 12.0 Å². The molecule has 0 aliphatic carbocycles. The third kappa shape index (κ3) is 5.09. The maximum Gasteiger partial charge on any atom is 0.216 e. The van der Waals surface area contributed by atoms with E-state index in [-0.39, 0.29) is 17.9 Å². The van der Waals surface area contributed by atoms with Gasteiger partial charge in [0.05, 0.1) is 42.3 Å². The number of nitrogens with one attached hydrogen (secondary N) is 1. The summed E-state index contributed by atoms with van der Waals surface area (Å²) < 4.78 is 38.9. The molecular formula is C16H20N2O4S2. The van der Waals surface area contributed by atoms with Crippen LogP contribution >= 0.6 is 11.3 Å². The normalized spacial score (nSPS) is 21.7. The van der Waals surface area contributed by atoms with Crippen LogP contribution in [0.25, 0.3) is 0 Å². The Hall–Kier alpha value is -1.32. The van der Waals surface area contributed by atoms with Gasteiger partial charge in [0, 0.05) is 12.0 Å². The lowest BCUT2D eigenvalue weighted by atomic mass is 10.1. The minimum atomic E-state index is -3.46. The van der Waals surface area contributed by atoms with Gasteiger partial charge in [0.1, 0.15) is 0 Å². The van der Waals surface area contributed by atoms with Gasteiger partial charge in [-0.15, -0.1) is 11.3 Å². The average molecular weight is 368 g/mol. The van der Waals surface area contributed by atoms with Gasteiger partial charge in [-0.25, -0.2) is 18.1 Å². The summed E-state index contributed by atoms with van der Waals surface area (Å²) in [7, 11) is -3.46. The second-order valence-corrected chi connectivity index (χ2v) is 8.13. The van der Waals surface area contributed by atoms with Crippen molar-refractivity contribution in [1.82, 2.24) is 9.71 Å². The fourth-order valence-electron chi connectivity index (χ4n) is 2.59. The fraction of sp³-hybridized carbons (Fsp3) is 0.438. The molecule has 0 saturated carbocycles. The van der Waals surface area contributed by atoms with E-state index in [9.17, 15) is 8.42 Å². The van der Waals surface area contributed by atoms with Gasteiger partial charge in [0.15, 0.2) is 0 Å². The molecule has 24 heavy (non-hydrogen) atoms. The molecule has 1 aliphatic rings. The maximum absolute atomic E-state index is 12.4. The summed E-state index contributed by atoms with van der Waals surface area (Å²) in [5.74, 6) is -0.0524. The number of nitrogens with zero attached hydrogens (tertiary/aromatic N) is 1. The molecule has 6 nitrogen and oxygen atoms in total. The van der Waals surface area contributed by atoms with E-state index >= 15 is 0 Å². The van der Waals surface area contributed by atoms with E-state index in [4.69, 9.17) is 9.47 Å². The summed E-state index contributed by atoms with van der Waals surface area (Å²) >= 11 is 1.51. The number of ether oxygens (including phenoxy) is 2. The highest BCUT2D eigenvalue weighted by atomic mass is 32.2. The van der Waals surface area contributed by atoms with Gasteiger partial charge >= 0.3 is 0 Å². The molecule has 1 saturated heterocycles. The van der Waals surface area contributed by atoms with Gasteiger partial charge in [-0.3, -0.25) is 0 Å². The highest BCUT2D eigenvalue weighted by Gasteiger charge is 2.30. The van der Waals surface area contributed by atoms with Crippen molar-refractivity contribution in [3.8, 4) is 0 Å². The van der Waals surface area contributed by atoms with Crippen LogP contribution in [0, 0.1) is 0 Å². The SMILES string of the molecule is O=S(=O)(Cc1ccccc1)N[C@@H]1COCC[C@@H]1OCc1cscn1. The standard InChI is InChI=1S/C16H20N2O4S2/c19-24(20,11-13-4-2-1-3-5-13)18-15-9-21-7-6-16(15)22-8-14-10-23-12-17-14/h1-5,10,12,15-16,18H,6-9,11H2/t15-,16+/m1/s1. The summed E-state index contributed by atoms with van der Waals surface area (Å²) in [6.45, 7) is 1.26. The molecule has 0 radical (unpaired) electrons. The van der Waals surface area contributed by atoms with Crippen LogP contribution in [0.5, 0.6) is 0 Å². The summed E-state index contributed by atoms with van der Waals surface area (Å²) in [5.41, 5.74) is 3.36. The maximum atomic E-state index is 12.4. The van der Waals surface area contributed by atoms with Crippen LogP contribution in [0.1, 0.15) is 17.7 Å². The molecule has 1 aromatic carbocycles. The summed E-state index contributed by atoms with van der Waals surface area (Å²) in [6, 6.07) is 8.73. The summed E-state index contributed by atoms with van der Waals surface area (Å²) in [5, 5.41) is 1.92. The van der Waals surface area contributed by atoms with E-state index in [1.54, 1.807) is 17.6 Å². The molecule has 0 unspecified atom stereocenters. The lowest BCUT2D eigenvalue weighted by Gasteiger charge is -2.31. The Kier molecular flexibility index (Phi) is 5.96. The molecule has 2 heterocycles. The van der Waals surface area contributed by atoms with Crippen molar-refractivity contribution < 1.29 is 17.9 Å². The van der Waals surface area contributed by atoms with Crippen molar-refractivity contribution in [2.45, 2.75) is 30.9 Å². The zero-order chi connectivity index (χ0) is 16.8. The highest BCUT2D eigenvalue weighted by Crippen LogP contribution is 2.16.